The molecule has 0 aromatic carbocycles. The molecule has 0 saturated heterocycles. The molecule has 1 aromatic rings. The Kier molecular flexibility index (Phi) is 2.14. The zero-order chi connectivity index (χ0) is 9.97. The highest BCUT2D eigenvalue weighted by molar-refractivity contribution is 5.77. The van der Waals surface area contributed by atoms with E-state index in [1.54, 1.807) is 12.4 Å². The van der Waals surface area contributed by atoms with E-state index in [-0.39, 0.29) is 0 Å². The van der Waals surface area contributed by atoms with Crippen molar-refractivity contribution < 1.29 is 0 Å². The van der Waals surface area contributed by atoms with Gasteiger partial charge in [-0.1, -0.05) is 0 Å². The summed E-state index contributed by atoms with van der Waals surface area (Å²) in [4.78, 5) is 12.3. The molecule has 0 spiro atoms. The molecule has 0 atom stereocenters. The monoisotopic (exact) mass is 189 g/mol. The molecule has 72 valence electrons. The maximum atomic E-state index is 4.21. The lowest BCUT2D eigenvalue weighted by Crippen LogP contribution is -2.23. The van der Waals surface area contributed by atoms with E-state index in [0.717, 1.165) is 22.9 Å². The van der Waals surface area contributed by atoms with Crippen LogP contribution in [0.15, 0.2) is 23.1 Å². The summed E-state index contributed by atoms with van der Waals surface area (Å²) >= 11 is 0. The van der Waals surface area contributed by atoms with Crippen LogP contribution in [-0.4, -0.2) is 30.3 Å². The maximum Gasteiger partial charge on any atom is 0.154 e. The molecule has 0 aliphatic carbocycles. The lowest BCUT2D eigenvalue weighted by atomic mass is 10.2. The molecule has 1 aliphatic heterocycles. The minimum absolute atomic E-state index is 0.677. The van der Waals surface area contributed by atoms with Gasteiger partial charge in [-0.2, -0.15) is 0 Å². The highest BCUT2D eigenvalue weighted by atomic mass is 15.1. The standard InChI is InChI=1S/C9H11N5/c1-10-6-5-14-9-8(7(6)11-2)12-3-4-13-9/h3-4,10H,2,5H2,1H3,(H,13,14). The third-order valence-electron chi connectivity index (χ3n) is 2.10. The minimum Gasteiger partial charge on any atom is -0.388 e. The van der Waals surface area contributed by atoms with Crippen molar-refractivity contribution >= 4 is 18.2 Å². The quantitative estimate of drug-likeness (QED) is 0.665. The van der Waals surface area contributed by atoms with Crippen molar-refractivity contribution in [3.63, 3.8) is 0 Å². The van der Waals surface area contributed by atoms with Gasteiger partial charge in [-0.3, -0.25) is 4.99 Å². The lowest BCUT2D eigenvalue weighted by Gasteiger charge is -2.19. The summed E-state index contributed by atoms with van der Waals surface area (Å²) in [6.07, 6.45) is 3.29. The molecule has 2 rings (SSSR count). The van der Waals surface area contributed by atoms with Crippen LogP contribution in [0.2, 0.25) is 0 Å². The average molecular weight is 189 g/mol. The molecule has 0 radical (unpaired) electrons. The van der Waals surface area contributed by atoms with Gasteiger partial charge in [0.05, 0.1) is 12.2 Å². The fourth-order valence-electron chi connectivity index (χ4n) is 1.42. The van der Waals surface area contributed by atoms with Gasteiger partial charge in [0, 0.05) is 19.4 Å². The van der Waals surface area contributed by atoms with Gasteiger partial charge in [-0.05, 0) is 6.72 Å². The second-order valence-corrected chi connectivity index (χ2v) is 2.84. The van der Waals surface area contributed by atoms with Crippen molar-refractivity contribution in [1.82, 2.24) is 15.3 Å². The molecule has 14 heavy (non-hydrogen) atoms. The van der Waals surface area contributed by atoms with Crippen molar-refractivity contribution in [2.24, 2.45) is 4.99 Å². The summed E-state index contributed by atoms with van der Waals surface area (Å²) in [5.41, 5.74) is 2.50. The van der Waals surface area contributed by atoms with Crippen molar-refractivity contribution in [3.8, 4) is 0 Å². The largest absolute Gasteiger partial charge is 0.388 e. The van der Waals surface area contributed by atoms with Crippen LogP contribution in [-0.2, 0) is 0 Å². The highest BCUT2D eigenvalue weighted by Crippen LogP contribution is 2.26. The zero-order valence-electron chi connectivity index (χ0n) is 7.91. The molecule has 0 amide bonds. The van der Waals surface area contributed by atoms with Gasteiger partial charge in [0.25, 0.3) is 0 Å². The van der Waals surface area contributed by atoms with Crippen LogP contribution in [0.25, 0.3) is 5.70 Å². The predicted molar refractivity (Wildman–Crippen MR) is 56.1 cm³/mol. The van der Waals surface area contributed by atoms with Crippen LogP contribution in [0.3, 0.4) is 0 Å². The van der Waals surface area contributed by atoms with E-state index in [0.29, 0.717) is 6.54 Å². The first-order valence-corrected chi connectivity index (χ1v) is 4.29. The maximum absolute atomic E-state index is 4.21. The highest BCUT2D eigenvalue weighted by Gasteiger charge is 2.18. The molecule has 2 heterocycles. The van der Waals surface area contributed by atoms with Crippen LogP contribution in [0, 0.1) is 0 Å². The molecule has 0 fully saturated rings. The van der Waals surface area contributed by atoms with E-state index in [1.165, 1.54) is 0 Å². The summed E-state index contributed by atoms with van der Waals surface area (Å²) in [7, 11) is 1.85. The van der Waals surface area contributed by atoms with Crippen LogP contribution >= 0.6 is 0 Å². The zero-order valence-corrected chi connectivity index (χ0v) is 7.91. The molecule has 0 bridgehead atoms. The van der Waals surface area contributed by atoms with Gasteiger partial charge in [0.15, 0.2) is 5.82 Å². The van der Waals surface area contributed by atoms with Crippen LogP contribution in [0.5, 0.6) is 0 Å². The van der Waals surface area contributed by atoms with Crippen molar-refractivity contribution in [2.75, 3.05) is 18.9 Å². The average Bonchev–Trinajstić information content (AvgIpc) is 2.27. The fourth-order valence-corrected chi connectivity index (χ4v) is 1.42. The van der Waals surface area contributed by atoms with Gasteiger partial charge < -0.3 is 10.6 Å². The first kappa shape index (κ1) is 8.68. The third-order valence-corrected chi connectivity index (χ3v) is 2.10. The Morgan fingerprint density at radius 1 is 1.50 bits per heavy atom. The summed E-state index contributed by atoms with van der Waals surface area (Å²) < 4.78 is 0. The predicted octanol–water partition coefficient (Wildman–Crippen LogP) is 0.491. The Bertz CT molecular complexity index is 396. The topological polar surface area (TPSA) is 62.2 Å². The van der Waals surface area contributed by atoms with Gasteiger partial charge in [0.1, 0.15) is 11.4 Å². The number of rotatable bonds is 2. The van der Waals surface area contributed by atoms with E-state index in [9.17, 15) is 0 Å². The fraction of sp³-hybridized carbons (Fsp3) is 0.222. The van der Waals surface area contributed by atoms with E-state index >= 15 is 0 Å². The summed E-state index contributed by atoms with van der Waals surface area (Å²) in [5.74, 6) is 0.758. The Hall–Kier alpha value is -1.91. The number of fused-ring (bicyclic) bond motifs is 1. The second-order valence-electron chi connectivity index (χ2n) is 2.84. The Morgan fingerprint density at radius 3 is 3.00 bits per heavy atom. The number of nitrogens with one attached hydrogen (secondary N) is 2. The molecule has 2 N–H and O–H groups in total. The smallest absolute Gasteiger partial charge is 0.154 e. The lowest BCUT2D eigenvalue weighted by molar-refractivity contribution is 0.921. The SMILES string of the molecule is C=NC1=C(NC)CNc2nccnc21. The Balaban J connectivity index is 2.57. The first-order chi connectivity index (χ1) is 6.86. The second kappa shape index (κ2) is 3.45. The molecule has 1 aromatic heterocycles. The van der Waals surface area contributed by atoms with Crippen molar-refractivity contribution in [3.05, 3.63) is 23.8 Å². The van der Waals surface area contributed by atoms with E-state index in [1.807, 2.05) is 7.05 Å². The van der Waals surface area contributed by atoms with Crippen LogP contribution < -0.4 is 10.6 Å². The molecule has 0 saturated carbocycles. The number of hydrogen-bond acceptors (Lipinski definition) is 5. The summed E-state index contributed by atoms with van der Waals surface area (Å²) in [6, 6.07) is 0. The molecular weight excluding hydrogens is 178 g/mol. The molecule has 0 unspecified atom stereocenters. The number of nitrogens with zero attached hydrogens (tertiary/aromatic N) is 3. The van der Waals surface area contributed by atoms with Gasteiger partial charge >= 0.3 is 0 Å². The molecule has 1 aliphatic rings. The van der Waals surface area contributed by atoms with E-state index < -0.39 is 0 Å². The number of anilines is 1. The minimum atomic E-state index is 0.677. The summed E-state index contributed by atoms with van der Waals surface area (Å²) in [5, 5.41) is 6.21. The number of likely N-dealkylation sites (N-methyl/N-ethyl adjacent to an activating group) is 1. The van der Waals surface area contributed by atoms with Crippen molar-refractivity contribution in [1.29, 1.82) is 0 Å². The van der Waals surface area contributed by atoms with E-state index in [4.69, 9.17) is 0 Å². The number of aromatic nitrogens is 2. The number of hydrogen-bond donors (Lipinski definition) is 2. The number of aliphatic imine (C=N–C) groups is 1. The normalized spacial score (nSPS) is 14.4. The Labute approximate surface area is 82.0 Å². The molecule has 5 heteroatoms. The molecule has 5 nitrogen and oxygen atoms in total. The summed E-state index contributed by atoms with van der Waals surface area (Å²) in [6.45, 7) is 4.22. The van der Waals surface area contributed by atoms with Crippen LogP contribution in [0.4, 0.5) is 5.82 Å². The van der Waals surface area contributed by atoms with Crippen molar-refractivity contribution in [2.45, 2.75) is 0 Å². The Morgan fingerprint density at radius 2 is 2.29 bits per heavy atom. The molecular formula is C9H11N5. The van der Waals surface area contributed by atoms with Gasteiger partial charge in [0.2, 0.25) is 0 Å². The third kappa shape index (κ3) is 1.22. The van der Waals surface area contributed by atoms with Gasteiger partial charge in [-0.25, -0.2) is 9.97 Å². The van der Waals surface area contributed by atoms with Crippen LogP contribution in [0.1, 0.15) is 5.69 Å². The van der Waals surface area contributed by atoms with Gasteiger partial charge in [-0.15, -0.1) is 0 Å². The van der Waals surface area contributed by atoms with E-state index in [2.05, 4.69) is 32.3 Å². The first-order valence-electron chi connectivity index (χ1n) is 4.29.